The summed E-state index contributed by atoms with van der Waals surface area (Å²) in [7, 11) is -4.08. The van der Waals surface area contributed by atoms with Crippen molar-refractivity contribution in [3.63, 3.8) is 0 Å². The van der Waals surface area contributed by atoms with E-state index in [4.69, 9.17) is 4.55 Å². The molecule has 0 saturated heterocycles. The number of carbonyl (C=O) groups excluding carboxylic acids is 1. The average Bonchev–Trinajstić information content (AvgIpc) is 3.11. The number of fused-ring (bicyclic) bond motifs is 5. The number of hydrogen-bond donors (Lipinski definition) is 4. The predicted octanol–water partition coefficient (Wildman–Crippen LogP) is 3.40. The number of carbonyl (C=O) groups is 1. The number of amides is 1. The van der Waals surface area contributed by atoms with Gasteiger partial charge in [0.2, 0.25) is 5.91 Å². The van der Waals surface area contributed by atoms with Crippen LogP contribution in [0.15, 0.2) is 0 Å². The third-order valence-electron chi connectivity index (χ3n) is 11.0. The summed E-state index contributed by atoms with van der Waals surface area (Å²) in [6.07, 6.45) is 8.99. The highest BCUT2D eigenvalue weighted by atomic mass is 32.2. The van der Waals surface area contributed by atoms with Crippen molar-refractivity contribution in [2.45, 2.75) is 97.2 Å². The summed E-state index contributed by atoms with van der Waals surface area (Å²) < 4.78 is 30.5. The van der Waals surface area contributed by atoms with E-state index in [2.05, 4.69) is 26.1 Å². The van der Waals surface area contributed by atoms with Crippen molar-refractivity contribution in [3.8, 4) is 0 Å². The van der Waals surface area contributed by atoms with Crippen molar-refractivity contribution in [3.05, 3.63) is 0 Å². The Bertz CT molecular complexity index is 863. The van der Waals surface area contributed by atoms with Gasteiger partial charge in [-0.05, 0) is 91.3 Å². The Balaban J connectivity index is 1.43. The second kappa shape index (κ2) is 9.64. The molecule has 7 nitrogen and oxygen atoms in total. The van der Waals surface area contributed by atoms with Crippen molar-refractivity contribution >= 4 is 16.0 Å². The largest absolute Gasteiger partial charge is 0.393 e. The van der Waals surface area contributed by atoms with Gasteiger partial charge in [0, 0.05) is 13.0 Å². The molecule has 0 aromatic heterocycles. The Morgan fingerprint density at radius 1 is 1.09 bits per heavy atom. The van der Waals surface area contributed by atoms with Gasteiger partial charge in [0.05, 0.1) is 18.0 Å². The van der Waals surface area contributed by atoms with Crippen LogP contribution >= 0.6 is 0 Å². The fourth-order valence-electron chi connectivity index (χ4n) is 9.15. The quantitative estimate of drug-likeness (QED) is 0.398. The molecule has 0 spiro atoms. The fraction of sp³-hybridized carbons (Fsp3) is 0.962. The minimum absolute atomic E-state index is 0.0886. The van der Waals surface area contributed by atoms with Crippen LogP contribution < -0.4 is 5.32 Å². The lowest BCUT2D eigenvalue weighted by Gasteiger charge is -2.63. The number of aliphatic hydroxyl groups is 2. The molecule has 0 aliphatic heterocycles. The molecular weight excluding hydrogens is 454 g/mol. The second-order valence-corrected chi connectivity index (χ2v) is 14.1. The minimum Gasteiger partial charge on any atom is -0.393 e. The molecule has 4 aliphatic rings. The smallest absolute Gasteiger partial charge is 0.266 e. The Labute approximate surface area is 205 Å². The van der Waals surface area contributed by atoms with Crippen molar-refractivity contribution < 1.29 is 28.0 Å². The van der Waals surface area contributed by atoms with Crippen LogP contribution in [0, 0.1) is 46.3 Å². The number of rotatable bonds is 7. The molecule has 1 amide bonds. The summed E-state index contributed by atoms with van der Waals surface area (Å²) in [5.74, 6) is 1.38. The Morgan fingerprint density at radius 2 is 1.82 bits per heavy atom. The van der Waals surface area contributed by atoms with Gasteiger partial charge in [0.15, 0.2) is 0 Å². The molecular formula is C26H45NO6S. The third kappa shape index (κ3) is 4.69. The predicted molar refractivity (Wildman–Crippen MR) is 130 cm³/mol. The van der Waals surface area contributed by atoms with Gasteiger partial charge in [-0.3, -0.25) is 9.35 Å². The number of nitrogens with one attached hydrogen (secondary N) is 1. The van der Waals surface area contributed by atoms with Crippen LogP contribution in [-0.4, -0.2) is 53.6 Å². The van der Waals surface area contributed by atoms with E-state index < -0.39 is 15.9 Å². The van der Waals surface area contributed by atoms with E-state index in [9.17, 15) is 23.4 Å². The molecule has 8 heteroatoms. The number of aliphatic hydroxyl groups excluding tert-OH is 2. The lowest BCUT2D eigenvalue weighted by molar-refractivity contribution is -0.201. The molecule has 34 heavy (non-hydrogen) atoms. The molecule has 196 valence electrons. The second-order valence-electron chi connectivity index (χ2n) is 12.5. The van der Waals surface area contributed by atoms with E-state index in [0.29, 0.717) is 36.5 Å². The monoisotopic (exact) mass is 499 g/mol. The Hall–Kier alpha value is -0.700. The molecule has 0 aromatic rings. The molecule has 0 heterocycles. The molecule has 10 atom stereocenters. The van der Waals surface area contributed by atoms with E-state index in [-0.39, 0.29) is 47.3 Å². The minimum atomic E-state index is -4.08. The van der Waals surface area contributed by atoms with Gasteiger partial charge in [-0.15, -0.1) is 0 Å². The van der Waals surface area contributed by atoms with E-state index in [1.54, 1.807) is 0 Å². The molecule has 4 aliphatic carbocycles. The maximum atomic E-state index is 12.2. The average molecular weight is 500 g/mol. The lowest BCUT2D eigenvalue weighted by atomic mass is 9.43. The molecule has 4 fully saturated rings. The van der Waals surface area contributed by atoms with Crippen molar-refractivity contribution in [2.75, 3.05) is 12.3 Å². The lowest BCUT2D eigenvalue weighted by Crippen LogP contribution is -2.61. The summed E-state index contributed by atoms with van der Waals surface area (Å²) in [6, 6.07) is 0. The van der Waals surface area contributed by atoms with Gasteiger partial charge in [0.1, 0.15) is 0 Å². The summed E-state index contributed by atoms with van der Waals surface area (Å²) >= 11 is 0. The highest BCUT2D eigenvalue weighted by molar-refractivity contribution is 7.85. The molecule has 3 unspecified atom stereocenters. The standard InChI is InChI=1S/C26H45NO6S/c1-16(7-10-23(30)27-12-13-34(31,32)33)18-8-9-19-24-20(15-22(29)26(18,19)3)25(2)11-5-4-6-17(25)14-21(24)28/h16-22,24,28-29H,4-15H2,1-3H3,(H,27,30)(H,31,32,33)/t16-,17+,18-,19?,20?,21-,22+,24?,25+,26-/m1/s1. The van der Waals surface area contributed by atoms with Gasteiger partial charge in [-0.2, -0.15) is 8.42 Å². The van der Waals surface area contributed by atoms with Crippen LogP contribution in [0.5, 0.6) is 0 Å². The van der Waals surface area contributed by atoms with Crippen LogP contribution in [0.3, 0.4) is 0 Å². The van der Waals surface area contributed by atoms with Gasteiger partial charge >= 0.3 is 0 Å². The van der Waals surface area contributed by atoms with Crippen molar-refractivity contribution in [1.29, 1.82) is 0 Å². The SMILES string of the molecule is C[C@H](CCC(=O)NCCS(=O)(=O)O)[C@H]1CCC2C3C(C[C@H](O)[C@@]21C)[C@@]1(C)CCCC[C@H]1C[C@H]3O. The Kier molecular flexibility index (Phi) is 7.47. The molecule has 4 saturated carbocycles. The first-order valence-electron chi connectivity index (χ1n) is 13.5. The van der Waals surface area contributed by atoms with E-state index in [1.165, 1.54) is 25.7 Å². The van der Waals surface area contributed by atoms with Crippen LogP contribution in [0.25, 0.3) is 0 Å². The van der Waals surface area contributed by atoms with Gasteiger partial charge < -0.3 is 15.5 Å². The molecule has 0 radical (unpaired) electrons. The summed E-state index contributed by atoms with van der Waals surface area (Å²) in [5, 5.41) is 25.5. The zero-order chi connectivity index (χ0) is 24.9. The van der Waals surface area contributed by atoms with Crippen molar-refractivity contribution in [2.24, 2.45) is 46.3 Å². The Morgan fingerprint density at radius 3 is 2.53 bits per heavy atom. The van der Waals surface area contributed by atoms with Crippen LogP contribution in [0.2, 0.25) is 0 Å². The number of hydrogen-bond acceptors (Lipinski definition) is 5. The van der Waals surface area contributed by atoms with Crippen LogP contribution in [0.4, 0.5) is 0 Å². The van der Waals surface area contributed by atoms with Crippen LogP contribution in [0.1, 0.15) is 85.0 Å². The van der Waals surface area contributed by atoms with Crippen molar-refractivity contribution in [1.82, 2.24) is 5.32 Å². The fourth-order valence-corrected chi connectivity index (χ4v) is 9.51. The zero-order valence-electron chi connectivity index (χ0n) is 21.1. The third-order valence-corrected chi connectivity index (χ3v) is 11.7. The molecule has 4 rings (SSSR count). The molecule has 0 aromatic carbocycles. The topological polar surface area (TPSA) is 124 Å². The first-order chi connectivity index (χ1) is 15.9. The van der Waals surface area contributed by atoms with Crippen LogP contribution in [-0.2, 0) is 14.9 Å². The summed E-state index contributed by atoms with van der Waals surface area (Å²) in [5.41, 5.74) is -0.0187. The zero-order valence-corrected chi connectivity index (χ0v) is 21.9. The highest BCUT2D eigenvalue weighted by Crippen LogP contribution is 2.68. The van der Waals surface area contributed by atoms with E-state index in [1.807, 2.05) is 0 Å². The maximum Gasteiger partial charge on any atom is 0.266 e. The van der Waals surface area contributed by atoms with Gasteiger partial charge in [-0.25, -0.2) is 0 Å². The normalized spacial score (nSPS) is 45.1. The summed E-state index contributed by atoms with van der Waals surface area (Å²) in [4.78, 5) is 12.2. The molecule has 4 N–H and O–H groups in total. The van der Waals surface area contributed by atoms with Gasteiger partial charge in [0.25, 0.3) is 10.1 Å². The molecule has 0 bridgehead atoms. The van der Waals surface area contributed by atoms with E-state index in [0.717, 1.165) is 25.7 Å². The van der Waals surface area contributed by atoms with Gasteiger partial charge in [-0.1, -0.05) is 33.6 Å². The first-order valence-corrected chi connectivity index (χ1v) is 15.1. The highest BCUT2D eigenvalue weighted by Gasteiger charge is 2.65. The first kappa shape index (κ1) is 26.4. The summed E-state index contributed by atoms with van der Waals surface area (Å²) in [6.45, 7) is 6.75. The van der Waals surface area contributed by atoms with E-state index >= 15 is 0 Å². The maximum absolute atomic E-state index is 12.2.